The fraction of sp³-hybridized carbons (Fsp3) is 0.450. The lowest BCUT2D eigenvalue weighted by molar-refractivity contribution is -0.00764. The molecule has 242 valence electrons. The molecule has 0 bridgehead atoms. The Morgan fingerprint density at radius 3 is 1.50 bits per heavy atom. The number of carbonyl (C=O) groups is 2. The molecule has 6 nitrogen and oxygen atoms in total. The molecule has 2 saturated heterocycles. The first kappa shape index (κ1) is 32.2. The monoisotopic (exact) mass is 620 g/mol. The Hall–Kier alpha value is -3.74. The van der Waals surface area contributed by atoms with E-state index in [9.17, 15) is 9.59 Å². The molecule has 0 spiro atoms. The van der Waals surface area contributed by atoms with Gasteiger partial charge in [-0.15, -0.1) is 0 Å². The zero-order valence-corrected chi connectivity index (χ0v) is 28.5. The van der Waals surface area contributed by atoms with E-state index in [-0.39, 0.29) is 46.3 Å². The van der Waals surface area contributed by atoms with Crippen LogP contribution >= 0.6 is 0 Å². The molecule has 2 aliphatic heterocycles. The Bertz CT molecular complexity index is 1790. The fourth-order valence-corrected chi connectivity index (χ4v) is 8.34. The molecule has 0 saturated carbocycles. The highest BCUT2D eigenvalue weighted by molar-refractivity contribution is 6.08. The van der Waals surface area contributed by atoms with Crippen LogP contribution in [-0.4, -0.2) is 46.3 Å². The molecule has 0 unspecified atom stereocenters. The normalized spacial score (nSPS) is 20.8. The molecule has 0 atom stereocenters. The smallest absolute Gasteiger partial charge is 0.338 e. The number of esters is 2. The summed E-state index contributed by atoms with van der Waals surface area (Å²) in [5, 5.41) is 11.3. The maximum absolute atomic E-state index is 13.5. The first-order valence-corrected chi connectivity index (χ1v) is 16.5. The average molecular weight is 621 g/mol. The van der Waals surface area contributed by atoms with E-state index in [4.69, 9.17) is 9.47 Å². The lowest BCUT2D eigenvalue weighted by Crippen LogP contribution is -2.59. The molecule has 0 aromatic heterocycles. The number of nitrogens with one attached hydrogen (secondary N) is 2. The van der Waals surface area contributed by atoms with E-state index in [0.717, 1.165) is 58.4 Å². The van der Waals surface area contributed by atoms with Gasteiger partial charge in [-0.05, 0) is 112 Å². The first-order chi connectivity index (χ1) is 21.5. The topological polar surface area (TPSA) is 76.7 Å². The van der Waals surface area contributed by atoms with Crippen LogP contribution in [0.2, 0.25) is 0 Å². The zero-order valence-electron chi connectivity index (χ0n) is 28.5. The SMILES string of the molecule is CC1(C)CC(OC(=O)c2ccc3c(-c4cccc5ccc(C(=O)OC6CC(C)(C)NC(C)(C)C6)cc45)cccc3c2)CC(C)(C)N1. The summed E-state index contributed by atoms with van der Waals surface area (Å²) in [7, 11) is 0. The summed E-state index contributed by atoms with van der Waals surface area (Å²) < 4.78 is 12.2. The fourth-order valence-electron chi connectivity index (χ4n) is 8.34. The highest BCUT2D eigenvalue weighted by Crippen LogP contribution is 2.36. The number of hydrogen-bond acceptors (Lipinski definition) is 6. The summed E-state index contributed by atoms with van der Waals surface area (Å²) in [5.74, 6) is -0.587. The standard InChI is InChI=1S/C40H48N2O4/c1-37(2)21-29(22-38(3,4)41-37)45-35(43)27-17-18-31-26(19-27)12-10-13-32(31)33-14-9-11-25-15-16-28(20-34(25)33)36(44)46-30-23-39(5,6)42-40(7,8)24-30/h9-20,29-30,41-42H,21-24H2,1-8H3. The van der Waals surface area contributed by atoms with Gasteiger partial charge >= 0.3 is 11.9 Å². The number of fused-ring (bicyclic) bond motifs is 2. The quantitative estimate of drug-likeness (QED) is 0.218. The van der Waals surface area contributed by atoms with Gasteiger partial charge in [0.1, 0.15) is 12.2 Å². The average Bonchev–Trinajstić information content (AvgIpc) is 2.92. The molecule has 2 aliphatic rings. The molecular formula is C40H48N2O4. The number of ether oxygens (including phenoxy) is 2. The van der Waals surface area contributed by atoms with Crippen molar-refractivity contribution in [1.82, 2.24) is 10.6 Å². The van der Waals surface area contributed by atoms with Gasteiger partial charge in [0.25, 0.3) is 0 Å². The van der Waals surface area contributed by atoms with Crippen LogP contribution in [0.15, 0.2) is 72.8 Å². The summed E-state index contributed by atoms with van der Waals surface area (Å²) in [6.07, 6.45) is 2.76. The van der Waals surface area contributed by atoms with Gasteiger partial charge < -0.3 is 20.1 Å². The highest BCUT2D eigenvalue weighted by Gasteiger charge is 2.40. The van der Waals surface area contributed by atoms with Crippen LogP contribution in [0.3, 0.4) is 0 Å². The number of benzene rings is 4. The molecule has 0 amide bonds. The van der Waals surface area contributed by atoms with Gasteiger partial charge in [0, 0.05) is 47.8 Å². The summed E-state index contributed by atoms with van der Waals surface area (Å²) >= 11 is 0. The van der Waals surface area contributed by atoms with E-state index < -0.39 is 0 Å². The van der Waals surface area contributed by atoms with Crippen LogP contribution < -0.4 is 10.6 Å². The van der Waals surface area contributed by atoms with Crippen molar-refractivity contribution in [3.8, 4) is 11.1 Å². The molecule has 0 aliphatic carbocycles. The van der Waals surface area contributed by atoms with Crippen LogP contribution in [0.4, 0.5) is 0 Å². The largest absolute Gasteiger partial charge is 0.459 e. The third-order valence-electron chi connectivity index (χ3n) is 9.38. The van der Waals surface area contributed by atoms with Crippen molar-refractivity contribution in [1.29, 1.82) is 0 Å². The second-order valence-corrected chi connectivity index (χ2v) is 16.1. The van der Waals surface area contributed by atoms with Gasteiger partial charge in [0.05, 0.1) is 11.1 Å². The minimum Gasteiger partial charge on any atom is -0.459 e. The molecule has 0 radical (unpaired) electrons. The van der Waals surface area contributed by atoms with Crippen LogP contribution in [-0.2, 0) is 9.47 Å². The summed E-state index contributed by atoms with van der Waals surface area (Å²) in [5.41, 5.74) is 2.70. The van der Waals surface area contributed by atoms with Crippen molar-refractivity contribution in [2.45, 2.75) is 115 Å². The van der Waals surface area contributed by atoms with E-state index in [2.05, 4.69) is 84.2 Å². The van der Waals surface area contributed by atoms with Crippen molar-refractivity contribution in [2.24, 2.45) is 0 Å². The van der Waals surface area contributed by atoms with Gasteiger partial charge in [-0.25, -0.2) is 9.59 Å². The zero-order chi connectivity index (χ0) is 33.1. The Kier molecular flexibility index (Phi) is 8.05. The van der Waals surface area contributed by atoms with E-state index in [0.29, 0.717) is 11.1 Å². The molecule has 2 N–H and O–H groups in total. The van der Waals surface area contributed by atoms with E-state index >= 15 is 0 Å². The third kappa shape index (κ3) is 6.98. The van der Waals surface area contributed by atoms with Crippen LogP contribution in [0, 0.1) is 0 Å². The van der Waals surface area contributed by atoms with E-state index in [1.165, 1.54) is 0 Å². The minimum atomic E-state index is -0.295. The van der Waals surface area contributed by atoms with Crippen molar-refractivity contribution >= 4 is 33.5 Å². The van der Waals surface area contributed by atoms with E-state index in [1.54, 1.807) is 0 Å². The van der Waals surface area contributed by atoms with Crippen molar-refractivity contribution in [2.75, 3.05) is 0 Å². The lowest BCUT2D eigenvalue weighted by atomic mass is 9.81. The predicted octanol–water partition coefficient (Wildman–Crippen LogP) is 8.59. The molecule has 2 fully saturated rings. The number of hydrogen-bond donors (Lipinski definition) is 2. The van der Waals surface area contributed by atoms with Gasteiger partial charge in [-0.3, -0.25) is 0 Å². The molecule has 46 heavy (non-hydrogen) atoms. The van der Waals surface area contributed by atoms with Gasteiger partial charge in [0.15, 0.2) is 0 Å². The molecule has 6 heteroatoms. The highest BCUT2D eigenvalue weighted by atomic mass is 16.5. The van der Waals surface area contributed by atoms with Crippen molar-refractivity contribution in [3.63, 3.8) is 0 Å². The summed E-state index contributed by atoms with van der Waals surface area (Å²) in [4.78, 5) is 26.8. The second-order valence-electron chi connectivity index (χ2n) is 16.1. The number of carbonyl (C=O) groups excluding carboxylic acids is 2. The predicted molar refractivity (Wildman–Crippen MR) is 186 cm³/mol. The molecular weight excluding hydrogens is 572 g/mol. The maximum Gasteiger partial charge on any atom is 0.338 e. The molecule has 4 aromatic rings. The first-order valence-electron chi connectivity index (χ1n) is 16.5. The summed E-state index contributed by atoms with van der Waals surface area (Å²) in [6, 6.07) is 23.9. The molecule has 4 aromatic carbocycles. The maximum atomic E-state index is 13.5. The molecule has 2 heterocycles. The second kappa shape index (κ2) is 11.5. The van der Waals surface area contributed by atoms with Crippen LogP contribution in [0.1, 0.15) is 102 Å². The van der Waals surface area contributed by atoms with Gasteiger partial charge in [-0.1, -0.05) is 48.5 Å². The van der Waals surface area contributed by atoms with Gasteiger partial charge in [-0.2, -0.15) is 0 Å². The Morgan fingerprint density at radius 1 is 0.543 bits per heavy atom. The number of piperidine rings is 2. The van der Waals surface area contributed by atoms with Crippen molar-refractivity contribution < 1.29 is 19.1 Å². The van der Waals surface area contributed by atoms with Gasteiger partial charge in [0.2, 0.25) is 0 Å². The number of rotatable bonds is 5. The van der Waals surface area contributed by atoms with Crippen LogP contribution in [0.25, 0.3) is 32.7 Å². The van der Waals surface area contributed by atoms with Crippen LogP contribution in [0.5, 0.6) is 0 Å². The Morgan fingerprint density at radius 2 is 0.978 bits per heavy atom. The van der Waals surface area contributed by atoms with Crippen molar-refractivity contribution in [3.05, 3.63) is 83.9 Å². The Labute approximate surface area is 273 Å². The third-order valence-corrected chi connectivity index (χ3v) is 9.38. The van der Waals surface area contributed by atoms with E-state index in [1.807, 2.05) is 54.6 Å². The minimum absolute atomic E-state index is 0.110. The summed E-state index contributed by atoms with van der Waals surface area (Å²) in [6.45, 7) is 17.2. The Balaban J connectivity index is 1.28. The molecule has 6 rings (SSSR count). The lowest BCUT2D eigenvalue weighted by Gasteiger charge is -2.45.